The third-order valence-corrected chi connectivity index (χ3v) is 7.33. The smallest absolute Gasteiger partial charge is 0.209 e. The first kappa shape index (κ1) is 23.7. The predicted molar refractivity (Wildman–Crippen MR) is 144 cm³/mol. The molecule has 0 saturated carbocycles. The number of nitrogens with zero attached hydrogens (tertiary/aromatic N) is 2. The van der Waals surface area contributed by atoms with E-state index in [2.05, 4.69) is 124 Å². The molecule has 0 bridgehead atoms. The van der Waals surface area contributed by atoms with E-state index >= 15 is 0 Å². The number of Topliss-reactive ketones (excluding diaryl/α,β-unsaturated/α-hetero) is 1. The number of fused-ring (bicyclic) bond motifs is 2. The SMILES string of the molecule is CC(=O)c1ccc2c(c1)C(C)(C)/C(=C/C=C/C=C/C=C/C1=[N+](C)c3ccccc3C1(C)C)N2C. The van der Waals surface area contributed by atoms with Crippen molar-refractivity contribution in [3.05, 3.63) is 107 Å². The molecule has 0 N–H and O–H groups in total. The van der Waals surface area contributed by atoms with Crippen LogP contribution in [0.2, 0.25) is 0 Å². The molecule has 3 nitrogen and oxygen atoms in total. The summed E-state index contributed by atoms with van der Waals surface area (Å²) in [5, 5.41) is 0. The maximum absolute atomic E-state index is 11.9. The van der Waals surface area contributed by atoms with E-state index in [9.17, 15) is 4.79 Å². The first-order valence-electron chi connectivity index (χ1n) is 11.9. The minimum absolute atomic E-state index is 0.00809. The van der Waals surface area contributed by atoms with E-state index < -0.39 is 0 Å². The molecule has 0 fully saturated rings. The van der Waals surface area contributed by atoms with Crippen LogP contribution in [0.4, 0.5) is 11.4 Å². The lowest BCUT2D eigenvalue weighted by atomic mass is 9.81. The van der Waals surface area contributed by atoms with E-state index in [0.29, 0.717) is 0 Å². The fraction of sp³-hybridized carbons (Fsp3) is 0.290. The molecule has 0 radical (unpaired) electrons. The van der Waals surface area contributed by atoms with Crippen LogP contribution in [-0.2, 0) is 10.8 Å². The average Bonchev–Trinajstić information content (AvgIpc) is 3.11. The molecule has 2 heterocycles. The number of hydrogen-bond donors (Lipinski definition) is 0. The highest BCUT2D eigenvalue weighted by atomic mass is 16.1. The maximum Gasteiger partial charge on any atom is 0.209 e. The number of carbonyl (C=O) groups excluding carboxylic acids is 1. The topological polar surface area (TPSA) is 23.3 Å². The van der Waals surface area contributed by atoms with Gasteiger partial charge < -0.3 is 4.90 Å². The van der Waals surface area contributed by atoms with Gasteiger partial charge in [-0.3, -0.25) is 4.79 Å². The van der Waals surface area contributed by atoms with Gasteiger partial charge in [0.2, 0.25) is 5.69 Å². The van der Waals surface area contributed by atoms with Gasteiger partial charge >= 0.3 is 0 Å². The summed E-state index contributed by atoms with van der Waals surface area (Å²) in [5.41, 5.74) is 8.11. The van der Waals surface area contributed by atoms with Crippen molar-refractivity contribution in [2.45, 2.75) is 45.4 Å². The minimum Gasteiger partial charge on any atom is -0.347 e. The number of anilines is 1. The molecule has 2 aromatic carbocycles. The third kappa shape index (κ3) is 3.90. The standard InChI is InChI=1S/C31H35N2O/c1-22(34)23-19-20-27-25(21-23)31(4,5)29(33(27)7)18-12-10-8-9-11-17-28-30(2,3)24-15-13-14-16-26(24)32(28)6/h8-21H,1-7H3/q+1. The highest BCUT2D eigenvalue weighted by Crippen LogP contribution is 2.47. The zero-order chi connectivity index (χ0) is 24.7. The quantitative estimate of drug-likeness (QED) is 0.281. The molecule has 34 heavy (non-hydrogen) atoms. The maximum atomic E-state index is 11.9. The first-order chi connectivity index (χ1) is 16.1. The number of benzene rings is 2. The van der Waals surface area contributed by atoms with Crippen molar-refractivity contribution < 1.29 is 9.37 Å². The Kier molecular flexibility index (Phi) is 6.07. The molecule has 0 aromatic heterocycles. The summed E-state index contributed by atoms with van der Waals surface area (Å²) in [6.45, 7) is 10.6. The van der Waals surface area contributed by atoms with Crippen LogP contribution in [0.15, 0.2) is 90.7 Å². The van der Waals surface area contributed by atoms with Crippen molar-refractivity contribution in [2.24, 2.45) is 0 Å². The van der Waals surface area contributed by atoms with Gasteiger partial charge in [0.05, 0.1) is 5.41 Å². The highest BCUT2D eigenvalue weighted by Gasteiger charge is 2.42. The Morgan fingerprint density at radius 2 is 1.56 bits per heavy atom. The molecule has 0 atom stereocenters. The van der Waals surface area contributed by atoms with Crippen LogP contribution in [-0.4, -0.2) is 30.2 Å². The summed E-state index contributed by atoms with van der Waals surface area (Å²) in [4.78, 5) is 14.1. The molecule has 0 spiro atoms. The van der Waals surface area contributed by atoms with Crippen molar-refractivity contribution in [3.8, 4) is 0 Å². The summed E-state index contributed by atoms with van der Waals surface area (Å²) in [7, 11) is 4.23. The normalized spacial score (nSPS) is 19.7. The van der Waals surface area contributed by atoms with Crippen molar-refractivity contribution in [2.75, 3.05) is 19.0 Å². The van der Waals surface area contributed by atoms with Crippen LogP contribution in [0, 0.1) is 0 Å². The number of likely N-dealkylation sites (N-methyl/N-ethyl adjacent to an activating group) is 1. The molecule has 0 amide bonds. The summed E-state index contributed by atoms with van der Waals surface area (Å²) < 4.78 is 2.28. The molecular formula is C31H35N2O+. The van der Waals surface area contributed by atoms with Crippen LogP contribution >= 0.6 is 0 Å². The fourth-order valence-electron chi connectivity index (χ4n) is 5.34. The van der Waals surface area contributed by atoms with Crippen LogP contribution in [0.1, 0.15) is 56.1 Å². The number of allylic oxidation sites excluding steroid dienone is 8. The Morgan fingerprint density at radius 3 is 2.26 bits per heavy atom. The van der Waals surface area contributed by atoms with Gasteiger partial charge in [0, 0.05) is 47.1 Å². The van der Waals surface area contributed by atoms with Gasteiger partial charge in [-0.25, -0.2) is 0 Å². The van der Waals surface area contributed by atoms with Crippen molar-refractivity contribution >= 4 is 22.9 Å². The second-order valence-electron chi connectivity index (χ2n) is 10.2. The fourth-order valence-corrected chi connectivity index (χ4v) is 5.34. The van der Waals surface area contributed by atoms with Gasteiger partial charge in [-0.15, -0.1) is 0 Å². The van der Waals surface area contributed by atoms with Gasteiger partial charge in [-0.05, 0) is 50.6 Å². The molecule has 174 valence electrons. The highest BCUT2D eigenvalue weighted by molar-refractivity contribution is 6.03. The zero-order valence-electron chi connectivity index (χ0n) is 21.4. The number of para-hydroxylation sites is 1. The lowest BCUT2D eigenvalue weighted by molar-refractivity contribution is -0.401. The van der Waals surface area contributed by atoms with Gasteiger partial charge in [-0.1, -0.05) is 62.4 Å². The Labute approximate surface area is 204 Å². The van der Waals surface area contributed by atoms with Gasteiger partial charge in [-0.2, -0.15) is 4.58 Å². The summed E-state index contributed by atoms with van der Waals surface area (Å²) >= 11 is 0. The molecule has 0 aliphatic carbocycles. The van der Waals surface area contributed by atoms with E-state index in [1.807, 2.05) is 12.1 Å². The number of rotatable bonds is 5. The molecule has 2 aromatic rings. The molecule has 0 saturated heterocycles. The second kappa shape index (κ2) is 8.72. The first-order valence-corrected chi connectivity index (χ1v) is 11.9. The van der Waals surface area contributed by atoms with E-state index in [-0.39, 0.29) is 16.6 Å². The molecule has 2 aliphatic rings. The van der Waals surface area contributed by atoms with Crippen molar-refractivity contribution in [1.29, 1.82) is 0 Å². The predicted octanol–water partition coefficient (Wildman–Crippen LogP) is 6.88. The summed E-state index contributed by atoms with van der Waals surface area (Å²) in [6.07, 6.45) is 14.8. The molecule has 2 aliphatic heterocycles. The number of ketones is 1. The Bertz CT molecular complexity index is 1300. The van der Waals surface area contributed by atoms with Crippen molar-refractivity contribution in [1.82, 2.24) is 0 Å². The Balaban J connectivity index is 1.48. The van der Waals surface area contributed by atoms with E-state index in [4.69, 9.17) is 0 Å². The van der Waals surface area contributed by atoms with E-state index in [0.717, 1.165) is 11.3 Å². The van der Waals surface area contributed by atoms with E-state index in [1.165, 1.54) is 28.2 Å². The zero-order valence-corrected chi connectivity index (χ0v) is 21.4. The van der Waals surface area contributed by atoms with Crippen molar-refractivity contribution in [3.63, 3.8) is 0 Å². The van der Waals surface area contributed by atoms with Gasteiger partial charge in [0.1, 0.15) is 7.05 Å². The lowest BCUT2D eigenvalue weighted by Gasteiger charge is -2.23. The number of hydrogen-bond acceptors (Lipinski definition) is 2. The van der Waals surface area contributed by atoms with Crippen LogP contribution < -0.4 is 4.90 Å². The monoisotopic (exact) mass is 451 g/mol. The van der Waals surface area contributed by atoms with E-state index in [1.54, 1.807) is 6.92 Å². The molecular weight excluding hydrogens is 416 g/mol. The summed E-state index contributed by atoms with van der Waals surface area (Å²) in [5.74, 6) is 0.103. The van der Waals surface area contributed by atoms with Gasteiger partial charge in [0.25, 0.3) is 0 Å². The summed E-state index contributed by atoms with van der Waals surface area (Å²) in [6, 6.07) is 14.6. The minimum atomic E-state index is -0.159. The van der Waals surface area contributed by atoms with Crippen LogP contribution in [0.5, 0.6) is 0 Å². The lowest BCUT2D eigenvalue weighted by Crippen LogP contribution is -2.26. The molecule has 0 unspecified atom stereocenters. The largest absolute Gasteiger partial charge is 0.347 e. The van der Waals surface area contributed by atoms with Gasteiger partial charge in [0.15, 0.2) is 11.5 Å². The second-order valence-corrected chi connectivity index (χ2v) is 10.2. The van der Waals surface area contributed by atoms with Crippen LogP contribution in [0.3, 0.4) is 0 Å². The molecule has 4 rings (SSSR count). The third-order valence-electron chi connectivity index (χ3n) is 7.33. The average molecular weight is 452 g/mol. The molecule has 3 heteroatoms. The Hall–Kier alpha value is -3.46. The van der Waals surface area contributed by atoms with Crippen LogP contribution in [0.25, 0.3) is 0 Å². The number of carbonyl (C=O) groups is 1. The Morgan fingerprint density at radius 1 is 0.882 bits per heavy atom.